The number of likely N-dealkylation sites (tertiary alicyclic amines) is 1. The second-order valence-corrected chi connectivity index (χ2v) is 12.5. The number of carbonyl (C=O) groups is 1. The highest BCUT2D eigenvalue weighted by Gasteiger charge is 2.47. The van der Waals surface area contributed by atoms with Gasteiger partial charge in [0.05, 0.1) is 18.3 Å². The highest BCUT2D eigenvalue weighted by Crippen LogP contribution is 2.48. The molecule has 1 fully saturated rings. The third-order valence-electron chi connectivity index (χ3n) is 7.86. The molecule has 2 aliphatic rings. The molecule has 1 saturated heterocycles. The number of nitrogens with one attached hydrogen (secondary N) is 1. The van der Waals surface area contributed by atoms with Gasteiger partial charge in [-0.25, -0.2) is 17.5 Å². The normalized spacial score (nSPS) is 21.4. The number of unbranched alkanes of at least 4 members (excludes halogenated alkanes) is 1. The average Bonchev–Trinajstić information content (AvgIpc) is 3.55. The Hall–Kier alpha value is -2.89. The number of sulfonamides is 1. The molecule has 2 aliphatic heterocycles. The van der Waals surface area contributed by atoms with Crippen molar-refractivity contribution in [2.45, 2.75) is 63.2 Å². The molecule has 9 nitrogen and oxygen atoms in total. The van der Waals surface area contributed by atoms with E-state index in [0.717, 1.165) is 24.8 Å². The Morgan fingerprint density at radius 2 is 1.88 bits per heavy atom. The van der Waals surface area contributed by atoms with Crippen LogP contribution in [0.15, 0.2) is 36.4 Å². The summed E-state index contributed by atoms with van der Waals surface area (Å²) in [5, 5.41) is 9.95. The zero-order valence-corrected chi connectivity index (χ0v) is 24.1. The first kappa shape index (κ1) is 30.1. The van der Waals surface area contributed by atoms with Crippen LogP contribution in [0.3, 0.4) is 0 Å². The van der Waals surface area contributed by atoms with E-state index in [9.17, 15) is 22.7 Å². The van der Waals surface area contributed by atoms with E-state index in [1.807, 2.05) is 24.8 Å². The van der Waals surface area contributed by atoms with E-state index < -0.39 is 44.9 Å². The van der Waals surface area contributed by atoms with E-state index >= 15 is 0 Å². The van der Waals surface area contributed by atoms with Crippen LogP contribution in [0.1, 0.15) is 69.0 Å². The minimum Gasteiger partial charge on any atom is -0.494 e. The van der Waals surface area contributed by atoms with Gasteiger partial charge in [-0.15, -0.1) is 0 Å². The average molecular weight is 579 g/mol. The molecule has 1 unspecified atom stereocenters. The lowest BCUT2D eigenvalue weighted by atomic mass is 9.82. The Morgan fingerprint density at radius 1 is 1.12 bits per heavy atom. The van der Waals surface area contributed by atoms with E-state index in [0.29, 0.717) is 36.4 Å². The summed E-state index contributed by atoms with van der Waals surface area (Å²) in [5.74, 6) is -1.76. The summed E-state index contributed by atoms with van der Waals surface area (Å²) >= 11 is 0. The van der Waals surface area contributed by atoms with E-state index in [1.165, 1.54) is 19.2 Å². The molecule has 0 aromatic heterocycles. The van der Waals surface area contributed by atoms with Gasteiger partial charge in [0.2, 0.25) is 16.8 Å². The number of hydrogen-bond donors (Lipinski definition) is 2. The Morgan fingerprint density at radius 3 is 2.55 bits per heavy atom. The minimum atomic E-state index is -3.55. The van der Waals surface area contributed by atoms with Crippen LogP contribution in [-0.2, 0) is 14.8 Å². The van der Waals surface area contributed by atoms with Crippen LogP contribution >= 0.6 is 0 Å². The van der Waals surface area contributed by atoms with Crippen molar-refractivity contribution >= 4 is 16.0 Å². The fraction of sp³-hybridized carbons (Fsp3) is 0.552. The molecule has 0 spiro atoms. The molecule has 0 bridgehead atoms. The highest BCUT2D eigenvalue weighted by molar-refractivity contribution is 7.90. The zero-order chi connectivity index (χ0) is 28.9. The van der Waals surface area contributed by atoms with Gasteiger partial charge in [-0.1, -0.05) is 45.2 Å². The van der Waals surface area contributed by atoms with Gasteiger partial charge in [-0.3, -0.25) is 9.69 Å². The SMILES string of the molecule is CCCCC(CCC)S(=O)(=O)NCCN1C[C@H](c2ccc3c(c2)OCO3)[C@@H](C(=O)O)[C@H]1c1ccc(OC)c(F)c1. The Balaban J connectivity index is 1.62. The number of nitrogens with zero attached hydrogens (tertiary/aromatic N) is 1. The summed E-state index contributed by atoms with van der Waals surface area (Å²) in [6.45, 7) is 4.82. The predicted octanol–water partition coefficient (Wildman–Crippen LogP) is 4.68. The molecule has 4 atom stereocenters. The molecule has 2 N–H and O–H groups in total. The number of fused-ring (bicyclic) bond motifs is 1. The van der Waals surface area contributed by atoms with Crippen LogP contribution < -0.4 is 18.9 Å². The van der Waals surface area contributed by atoms with Gasteiger partial charge >= 0.3 is 5.97 Å². The number of ether oxygens (including phenoxy) is 3. The zero-order valence-electron chi connectivity index (χ0n) is 23.3. The van der Waals surface area contributed by atoms with Gasteiger partial charge in [0.15, 0.2) is 23.1 Å². The Bertz CT molecular complexity index is 1290. The second-order valence-electron chi connectivity index (χ2n) is 10.4. The molecule has 11 heteroatoms. The second kappa shape index (κ2) is 13.2. The molecule has 0 radical (unpaired) electrons. The largest absolute Gasteiger partial charge is 0.494 e. The highest BCUT2D eigenvalue weighted by atomic mass is 32.2. The fourth-order valence-corrected chi connectivity index (χ4v) is 7.50. The lowest BCUT2D eigenvalue weighted by molar-refractivity contribution is -0.143. The number of carboxylic acids is 1. The van der Waals surface area contributed by atoms with E-state index in [4.69, 9.17) is 14.2 Å². The molecule has 0 amide bonds. The van der Waals surface area contributed by atoms with Gasteiger partial charge < -0.3 is 19.3 Å². The molecule has 4 rings (SSSR count). The van der Waals surface area contributed by atoms with E-state index in [2.05, 4.69) is 4.72 Å². The van der Waals surface area contributed by atoms with Gasteiger partial charge in [0.25, 0.3) is 0 Å². The predicted molar refractivity (Wildman–Crippen MR) is 149 cm³/mol. The van der Waals surface area contributed by atoms with Crippen molar-refractivity contribution in [3.63, 3.8) is 0 Å². The maximum absolute atomic E-state index is 14.8. The summed E-state index contributed by atoms with van der Waals surface area (Å²) in [6.07, 6.45) is 3.70. The van der Waals surface area contributed by atoms with Gasteiger partial charge in [-0.2, -0.15) is 0 Å². The summed E-state index contributed by atoms with van der Waals surface area (Å²) in [5.41, 5.74) is 1.25. The van der Waals surface area contributed by atoms with Crippen LogP contribution in [0, 0.1) is 11.7 Å². The molecular formula is C29H39FN2O7S. The third-order valence-corrected chi connectivity index (χ3v) is 9.81. The smallest absolute Gasteiger partial charge is 0.309 e. The van der Waals surface area contributed by atoms with Crippen LogP contribution in [0.25, 0.3) is 0 Å². The maximum atomic E-state index is 14.8. The van der Waals surface area contributed by atoms with Gasteiger partial charge in [0.1, 0.15) is 0 Å². The molecule has 0 saturated carbocycles. The quantitative estimate of drug-likeness (QED) is 0.332. The summed E-state index contributed by atoms with van der Waals surface area (Å²) in [4.78, 5) is 14.7. The van der Waals surface area contributed by atoms with E-state index in [1.54, 1.807) is 18.2 Å². The number of rotatable bonds is 14. The first-order valence-electron chi connectivity index (χ1n) is 13.9. The lowest BCUT2D eigenvalue weighted by Crippen LogP contribution is -2.40. The molecule has 2 aromatic carbocycles. The van der Waals surface area contributed by atoms with E-state index in [-0.39, 0.29) is 25.6 Å². The Labute approximate surface area is 235 Å². The first-order chi connectivity index (χ1) is 19.2. The van der Waals surface area contributed by atoms with Crippen molar-refractivity contribution in [1.29, 1.82) is 0 Å². The minimum absolute atomic E-state index is 0.0642. The van der Waals surface area contributed by atoms with Crippen molar-refractivity contribution in [1.82, 2.24) is 9.62 Å². The number of aliphatic carboxylic acids is 1. The number of hydrogen-bond acceptors (Lipinski definition) is 7. The monoisotopic (exact) mass is 578 g/mol. The molecule has 2 heterocycles. The van der Waals surface area contributed by atoms with Gasteiger partial charge in [-0.05, 0) is 48.2 Å². The molecule has 2 aromatic rings. The number of halogens is 1. The summed E-state index contributed by atoms with van der Waals surface area (Å²) in [7, 11) is -2.18. The summed E-state index contributed by atoms with van der Waals surface area (Å²) in [6, 6.07) is 9.16. The molecule has 220 valence electrons. The maximum Gasteiger partial charge on any atom is 0.309 e. The van der Waals surface area contributed by atoms with Crippen LogP contribution in [0.5, 0.6) is 17.2 Å². The third kappa shape index (κ3) is 6.53. The fourth-order valence-electron chi connectivity index (χ4n) is 5.86. The number of methoxy groups -OCH3 is 1. The van der Waals surface area contributed by atoms with Crippen molar-refractivity contribution in [2.75, 3.05) is 33.5 Å². The van der Waals surface area contributed by atoms with Crippen LogP contribution in [-0.4, -0.2) is 63.2 Å². The summed E-state index contributed by atoms with van der Waals surface area (Å²) < 4.78 is 59.8. The van der Waals surface area contributed by atoms with Crippen molar-refractivity contribution in [2.24, 2.45) is 5.92 Å². The first-order valence-corrected chi connectivity index (χ1v) is 15.4. The Kier molecular flexibility index (Phi) is 9.91. The molecule has 40 heavy (non-hydrogen) atoms. The molecule has 0 aliphatic carbocycles. The van der Waals surface area contributed by atoms with Crippen molar-refractivity contribution in [3.8, 4) is 17.2 Å². The van der Waals surface area contributed by atoms with Gasteiger partial charge in [0, 0.05) is 31.6 Å². The topological polar surface area (TPSA) is 114 Å². The lowest BCUT2D eigenvalue weighted by Gasteiger charge is -2.28. The van der Waals surface area contributed by atoms with Crippen LogP contribution in [0.2, 0.25) is 0 Å². The van der Waals surface area contributed by atoms with Crippen molar-refractivity contribution in [3.05, 3.63) is 53.3 Å². The standard InChI is InChI=1S/C29H39FN2O7S/c1-4-6-8-21(7-5-2)40(35,36)31-13-14-32-17-22(19-9-12-25-26(16-19)39-18-38-25)27(29(33)34)28(32)20-10-11-24(37-3)23(30)15-20/h9-12,15-16,21-22,27-28,31H,4-8,13-14,17-18H2,1-3H3,(H,33,34)/t21?,22-,27-,28-/m1/s1. The van der Waals surface area contributed by atoms with Crippen molar-refractivity contribution < 1.29 is 36.9 Å². The number of benzene rings is 2. The molecular weight excluding hydrogens is 539 g/mol. The number of carboxylic acid groups (broad SMARTS) is 1. The van der Waals surface area contributed by atoms with Crippen LogP contribution in [0.4, 0.5) is 4.39 Å².